The van der Waals surface area contributed by atoms with E-state index in [1.807, 2.05) is 0 Å². The van der Waals surface area contributed by atoms with Crippen LogP contribution in [-0.2, 0) is 0 Å². The molecule has 0 amide bonds. The van der Waals surface area contributed by atoms with Crippen molar-refractivity contribution in [3.8, 4) is 0 Å². The van der Waals surface area contributed by atoms with Gasteiger partial charge in [-0.15, -0.1) is 5.73 Å². The van der Waals surface area contributed by atoms with Gasteiger partial charge < -0.3 is 0 Å². The first-order chi connectivity index (χ1) is 10.8. The quantitative estimate of drug-likeness (QED) is 0.469. The lowest BCUT2D eigenvalue weighted by atomic mass is 9.74. The summed E-state index contributed by atoms with van der Waals surface area (Å²) in [6, 6.07) is 8.59. The molecule has 0 aromatic heterocycles. The first-order valence-electron chi connectivity index (χ1n) is 8.88. The molecule has 1 heteroatoms. The molecule has 0 N–H and O–H groups in total. The molecule has 1 nitrogen and oxygen atoms in total. The predicted octanol–water partition coefficient (Wildman–Crippen LogP) is 6.12. The van der Waals surface area contributed by atoms with Crippen LogP contribution >= 0.6 is 0 Å². The highest BCUT2D eigenvalue weighted by Gasteiger charge is 2.32. The summed E-state index contributed by atoms with van der Waals surface area (Å²) in [6.45, 7) is 15.0. The average Bonchev–Trinajstić information content (AvgIpc) is 2.52. The van der Waals surface area contributed by atoms with E-state index >= 15 is 0 Å². The molecule has 2 rings (SSSR count). The van der Waals surface area contributed by atoms with Gasteiger partial charge in [0.15, 0.2) is 0 Å². The van der Waals surface area contributed by atoms with Crippen molar-refractivity contribution in [1.29, 1.82) is 0 Å². The lowest BCUT2D eigenvalue weighted by molar-refractivity contribution is 0.209. The van der Waals surface area contributed by atoms with E-state index in [0.717, 1.165) is 23.1 Å². The highest BCUT2D eigenvalue weighted by Crippen LogP contribution is 2.38. The van der Waals surface area contributed by atoms with Crippen LogP contribution in [0.1, 0.15) is 64.5 Å². The Morgan fingerprint density at radius 2 is 1.96 bits per heavy atom. The normalized spacial score (nSPS) is 25.3. The van der Waals surface area contributed by atoms with Gasteiger partial charge in [-0.2, -0.15) is 0 Å². The molecule has 0 atom stereocenters. The molecule has 1 fully saturated rings. The summed E-state index contributed by atoms with van der Waals surface area (Å²) in [5.74, 6) is 1.64. The Hall–Kier alpha value is -1.59. The summed E-state index contributed by atoms with van der Waals surface area (Å²) in [4.78, 5) is 5.22. The molecule has 0 aliphatic heterocycles. The second-order valence-corrected chi connectivity index (χ2v) is 7.71. The molecule has 124 valence electrons. The molecule has 0 radical (unpaired) electrons. The Bertz CT molecular complexity index is 621. The fourth-order valence-electron chi connectivity index (χ4n) is 3.55. The summed E-state index contributed by atoms with van der Waals surface area (Å²) < 4.78 is 0. The Labute approximate surface area is 142 Å². The van der Waals surface area contributed by atoms with Crippen LogP contribution in [0.3, 0.4) is 0 Å². The van der Waals surface area contributed by atoms with Crippen molar-refractivity contribution >= 4 is 5.71 Å². The lowest BCUT2D eigenvalue weighted by Crippen LogP contribution is -2.32. The van der Waals surface area contributed by atoms with Crippen molar-refractivity contribution in [3.05, 3.63) is 53.3 Å². The van der Waals surface area contributed by atoms with E-state index in [1.165, 1.54) is 36.8 Å². The van der Waals surface area contributed by atoms with Gasteiger partial charge in [0.05, 0.1) is 11.3 Å². The third-order valence-electron chi connectivity index (χ3n) is 5.34. The van der Waals surface area contributed by atoms with E-state index in [0.29, 0.717) is 0 Å². The van der Waals surface area contributed by atoms with E-state index in [2.05, 4.69) is 71.2 Å². The summed E-state index contributed by atoms with van der Waals surface area (Å²) in [6.07, 6.45) is 4.93. The molecule has 0 unspecified atom stereocenters. The summed E-state index contributed by atoms with van der Waals surface area (Å²) in [5.41, 5.74) is 7.66. The third kappa shape index (κ3) is 4.45. The number of allylic oxidation sites excluding steroid dienone is 1. The minimum absolute atomic E-state index is 0.0442. The van der Waals surface area contributed by atoms with Crippen LogP contribution in [-0.4, -0.2) is 11.3 Å². The van der Waals surface area contributed by atoms with E-state index < -0.39 is 0 Å². The number of aryl methyl sites for hydroxylation is 1. The highest BCUT2D eigenvalue weighted by molar-refractivity contribution is 6.12. The molecule has 0 spiro atoms. The molecule has 0 bridgehead atoms. The van der Waals surface area contributed by atoms with Gasteiger partial charge in [0, 0.05) is 11.1 Å². The predicted molar refractivity (Wildman–Crippen MR) is 101 cm³/mol. The van der Waals surface area contributed by atoms with Gasteiger partial charge in [-0.25, -0.2) is 0 Å². The number of rotatable bonds is 4. The van der Waals surface area contributed by atoms with Crippen LogP contribution < -0.4 is 0 Å². The van der Waals surface area contributed by atoms with Crippen molar-refractivity contribution in [2.45, 2.75) is 65.8 Å². The molecule has 1 aromatic rings. The molecule has 1 saturated carbocycles. The Morgan fingerprint density at radius 3 is 2.48 bits per heavy atom. The molecule has 23 heavy (non-hydrogen) atoms. The SMILES string of the molecule is C=C=C(C)C(=NC1(C)CCC(C(C)C)CC1)c1cccc(C)c1. The number of benzene rings is 1. The second kappa shape index (κ2) is 7.32. The minimum Gasteiger partial charge on any atom is -0.277 e. The van der Waals surface area contributed by atoms with Crippen molar-refractivity contribution in [3.63, 3.8) is 0 Å². The maximum atomic E-state index is 5.22. The van der Waals surface area contributed by atoms with Crippen molar-refractivity contribution in [2.75, 3.05) is 0 Å². The van der Waals surface area contributed by atoms with Crippen LogP contribution in [0.25, 0.3) is 0 Å². The molecule has 0 saturated heterocycles. The van der Waals surface area contributed by atoms with Crippen molar-refractivity contribution in [1.82, 2.24) is 0 Å². The van der Waals surface area contributed by atoms with Gasteiger partial charge >= 0.3 is 0 Å². The van der Waals surface area contributed by atoms with Gasteiger partial charge in [-0.1, -0.05) is 44.2 Å². The lowest BCUT2D eigenvalue weighted by Gasteiger charge is -2.36. The van der Waals surface area contributed by atoms with Gasteiger partial charge in [-0.05, 0) is 64.4 Å². The molecular weight excluding hydrogens is 278 g/mol. The van der Waals surface area contributed by atoms with Crippen molar-refractivity contribution in [2.24, 2.45) is 16.8 Å². The monoisotopic (exact) mass is 309 g/mol. The van der Waals surface area contributed by atoms with Crippen LogP contribution in [0.15, 0.2) is 47.1 Å². The van der Waals surface area contributed by atoms with Crippen LogP contribution in [0.4, 0.5) is 0 Å². The van der Waals surface area contributed by atoms with Crippen LogP contribution in [0.5, 0.6) is 0 Å². The average molecular weight is 309 g/mol. The molecule has 1 aliphatic carbocycles. The third-order valence-corrected chi connectivity index (χ3v) is 5.34. The molecular formula is C22H31N. The minimum atomic E-state index is 0.0442. The topological polar surface area (TPSA) is 12.4 Å². The van der Waals surface area contributed by atoms with Gasteiger partial charge in [0.2, 0.25) is 0 Å². The number of hydrogen-bond donors (Lipinski definition) is 0. The maximum Gasteiger partial charge on any atom is 0.0759 e. The molecule has 1 aromatic carbocycles. The first kappa shape index (κ1) is 17.8. The zero-order valence-electron chi connectivity index (χ0n) is 15.4. The van der Waals surface area contributed by atoms with Crippen molar-refractivity contribution < 1.29 is 0 Å². The number of hydrogen-bond acceptors (Lipinski definition) is 1. The summed E-state index contributed by atoms with van der Waals surface area (Å²) >= 11 is 0. The van der Waals surface area contributed by atoms with E-state index in [4.69, 9.17) is 4.99 Å². The van der Waals surface area contributed by atoms with E-state index in [1.54, 1.807) is 0 Å². The molecule has 1 aliphatic rings. The Balaban J connectivity index is 2.33. The number of aliphatic imine (C=N–C) groups is 1. The number of nitrogens with zero attached hydrogens (tertiary/aromatic N) is 1. The van der Waals surface area contributed by atoms with E-state index in [-0.39, 0.29) is 5.54 Å². The Kier molecular flexibility index (Phi) is 5.65. The standard InChI is InChI=1S/C22H31N/c1-7-18(5)21(20-10-8-9-17(4)15-20)23-22(6)13-11-19(12-14-22)16(2)3/h8-10,15-16,19H,1,11-14H2,2-6H3. The zero-order chi connectivity index (χ0) is 17.0. The van der Waals surface area contributed by atoms with Gasteiger partial charge in [0.1, 0.15) is 0 Å². The second-order valence-electron chi connectivity index (χ2n) is 7.71. The zero-order valence-corrected chi connectivity index (χ0v) is 15.4. The molecule has 0 heterocycles. The fourth-order valence-corrected chi connectivity index (χ4v) is 3.55. The first-order valence-corrected chi connectivity index (χ1v) is 8.88. The van der Waals surface area contributed by atoms with E-state index in [9.17, 15) is 0 Å². The summed E-state index contributed by atoms with van der Waals surface area (Å²) in [7, 11) is 0. The largest absolute Gasteiger partial charge is 0.277 e. The Morgan fingerprint density at radius 1 is 1.30 bits per heavy atom. The van der Waals surface area contributed by atoms with Crippen LogP contribution in [0.2, 0.25) is 0 Å². The fraction of sp³-hybridized carbons (Fsp3) is 0.545. The summed E-state index contributed by atoms with van der Waals surface area (Å²) in [5, 5.41) is 0. The smallest absolute Gasteiger partial charge is 0.0759 e. The maximum absolute atomic E-state index is 5.22. The van der Waals surface area contributed by atoms with Crippen LogP contribution in [0, 0.1) is 18.8 Å². The van der Waals surface area contributed by atoms with Gasteiger partial charge in [0.25, 0.3) is 0 Å². The van der Waals surface area contributed by atoms with Gasteiger partial charge in [-0.3, -0.25) is 4.99 Å². The highest BCUT2D eigenvalue weighted by atomic mass is 14.9.